The molecule has 0 fully saturated rings. The normalized spacial score (nSPS) is 14.7. The lowest BCUT2D eigenvalue weighted by atomic mass is 10.0. The maximum absolute atomic E-state index is 12.9. The molecule has 0 amide bonds. The number of carboxylic acids is 1. The van der Waals surface area contributed by atoms with E-state index >= 15 is 0 Å². The second kappa shape index (κ2) is 7.40. The third kappa shape index (κ3) is 3.31. The van der Waals surface area contributed by atoms with Gasteiger partial charge >= 0.3 is 17.2 Å². The number of carboxylic acid groups (broad SMARTS) is 1. The first-order valence-electron chi connectivity index (χ1n) is 8.56. The maximum Gasteiger partial charge on any atom is 0.335 e. The van der Waals surface area contributed by atoms with E-state index in [9.17, 15) is 9.59 Å². The number of benzene rings is 2. The minimum Gasteiger partial charge on any atom is -0.478 e. The highest BCUT2D eigenvalue weighted by molar-refractivity contribution is 9.10. The number of nitrogens with zero attached hydrogens (tertiary/aromatic N) is 2. The molecule has 0 saturated carbocycles. The first kappa shape index (κ1) is 18.7. The number of aromatic carboxylic acids is 1. The number of fused-ring (bicyclic) bond motifs is 3. The van der Waals surface area contributed by atoms with Gasteiger partial charge in [-0.25, -0.2) is 4.79 Å². The van der Waals surface area contributed by atoms with Crippen LogP contribution in [0.15, 0.2) is 56.9 Å². The number of anilines is 1. The van der Waals surface area contributed by atoms with Crippen molar-refractivity contribution in [3.8, 4) is 11.3 Å². The van der Waals surface area contributed by atoms with Crippen molar-refractivity contribution in [3.63, 3.8) is 0 Å². The second-order valence-corrected chi connectivity index (χ2v) is 8.32. The number of aromatic amines is 1. The molecule has 1 aliphatic rings. The van der Waals surface area contributed by atoms with Crippen molar-refractivity contribution in [2.45, 2.75) is 18.2 Å². The van der Waals surface area contributed by atoms with Crippen molar-refractivity contribution in [2.75, 3.05) is 11.1 Å². The molecule has 0 spiro atoms. The van der Waals surface area contributed by atoms with Crippen molar-refractivity contribution in [1.29, 1.82) is 0 Å². The fraction of sp³-hybridized carbons (Fsp3) is 0.158. The Bertz CT molecular complexity index is 1130. The Morgan fingerprint density at radius 2 is 2.04 bits per heavy atom. The monoisotopic (exact) mass is 459 g/mol. The van der Waals surface area contributed by atoms with Gasteiger partial charge in [0.25, 0.3) is 6.17 Å². The highest BCUT2D eigenvalue weighted by atomic mass is 79.9. The van der Waals surface area contributed by atoms with Crippen LogP contribution >= 0.6 is 27.7 Å². The molecule has 1 aliphatic heterocycles. The average Bonchev–Trinajstić information content (AvgIpc) is 2.67. The summed E-state index contributed by atoms with van der Waals surface area (Å²) in [7, 11) is 0. The molecule has 0 saturated heterocycles. The predicted molar refractivity (Wildman–Crippen MR) is 110 cm³/mol. The van der Waals surface area contributed by atoms with Gasteiger partial charge in [0.15, 0.2) is 0 Å². The number of nitrogens with one attached hydrogen (secondary N) is 2. The number of hydrogen-bond donors (Lipinski definition) is 3. The quantitative estimate of drug-likeness (QED) is 0.409. The lowest BCUT2D eigenvalue weighted by Gasteiger charge is -2.22. The number of aromatic nitrogens is 3. The molecule has 0 bridgehead atoms. The van der Waals surface area contributed by atoms with Crippen LogP contribution < -0.4 is 15.6 Å². The van der Waals surface area contributed by atoms with Crippen molar-refractivity contribution < 1.29 is 14.6 Å². The molecule has 9 heteroatoms. The van der Waals surface area contributed by atoms with Gasteiger partial charge in [0.2, 0.25) is 5.16 Å². The molecular formula is C19H16BrN4O3S+. The Labute approximate surface area is 172 Å². The van der Waals surface area contributed by atoms with Gasteiger partial charge in [0, 0.05) is 15.1 Å². The fourth-order valence-corrected chi connectivity index (χ4v) is 4.09. The zero-order valence-corrected chi connectivity index (χ0v) is 17.2. The Kier molecular flexibility index (Phi) is 4.94. The largest absolute Gasteiger partial charge is 0.478 e. The molecule has 1 atom stereocenters. The van der Waals surface area contributed by atoms with Gasteiger partial charge in [-0.1, -0.05) is 34.6 Å². The van der Waals surface area contributed by atoms with Crippen LogP contribution in [0.25, 0.3) is 11.3 Å². The van der Waals surface area contributed by atoms with E-state index in [1.54, 1.807) is 28.9 Å². The summed E-state index contributed by atoms with van der Waals surface area (Å²) in [6, 6.07) is 12.2. The summed E-state index contributed by atoms with van der Waals surface area (Å²) in [6.45, 7) is 1.99. The van der Waals surface area contributed by atoms with E-state index in [4.69, 9.17) is 5.11 Å². The third-order valence-electron chi connectivity index (χ3n) is 4.39. The van der Waals surface area contributed by atoms with E-state index < -0.39 is 12.1 Å². The lowest BCUT2D eigenvalue weighted by molar-refractivity contribution is -0.759. The van der Waals surface area contributed by atoms with Gasteiger partial charge in [0.05, 0.1) is 16.8 Å². The molecule has 2 heterocycles. The van der Waals surface area contributed by atoms with Crippen LogP contribution in [-0.2, 0) is 0 Å². The van der Waals surface area contributed by atoms with Crippen LogP contribution in [0.1, 0.15) is 29.0 Å². The zero-order chi connectivity index (χ0) is 19.8. The first-order chi connectivity index (χ1) is 13.5. The molecule has 0 aliphatic carbocycles. The Morgan fingerprint density at radius 3 is 2.71 bits per heavy atom. The van der Waals surface area contributed by atoms with Gasteiger partial charge in [0.1, 0.15) is 0 Å². The molecule has 0 radical (unpaired) electrons. The van der Waals surface area contributed by atoms with Crippen molar-refractivity contribution in [3.05, 3.63) is 68.4 Å². The zero-order valence-electron chi connectivity index (χ0n) is 14.8. The van der Waals surface area contributed by atoms with Gasteiger partial charge in [-0.3, -0.25) is 9.78 Å². The van der Waals surface area contributed by atoms with E-state index in [1.165, 1.54) is 11.8 Å². The van der Waals surface area contributed by atoms with E-state index in [1.807, 2.05) is 25.1 Å². The van der Waals surface area contributed by atoms with Crippen molar-refractivity contribution in [1.82, 2.24) is 10.1 Å². The van der Waals surface area contributed by atoms with Crippen LogP contribution in [0.4, 0.5) is 5.69 Å². The molecule has 4 rings (SSSR count). The van der Waals surface area contributed by atoms with Crippen LogP contribution in [0.5, 0.6) is 0 Å². The number of halogens is 1. The van der Waals surface area contributed by atoms with Gasteiger partial charge < -0.3 is 10.4 Å². The van der Waals surface area contributed by atoms with E-state index in [-0.39, 0.29) is 11.1 Å². The number of rotatable bonds is 4. The summed E-state index contributed by atoms with van der Waals surface area (Å²) in [5, 5.41) is 17.7. The van der Waals surface area contributed by atoms with Crippen molar-refractivity contribution in [2.24, 2.45) is 0 Å². The van der Waals surface area contributed by atoms with Crippen molar-refractivity contribution >= 4 is 39.3 Å². The summed E-state index contributed by atoms with van der Waals surface area (Å²) in [4.78, 5) is 26.9. The predicted octanol–water partition coefficient (Wildman–Crippen LogP) is 3.27. The highest BCUT2D eigenvalue weighted by Gasteiger charge is 2.37. The second-order valence-electron chi connectivity index (χ2n) is 6.15. The number of thioether (sulfide) groups is 1. The molecule has 3 aromatic rings. The summed E-state index contributed by atoms with van der Waals surface area (Å²) >= 11 is 4.91. The molecule has 3 N–H and O–H groups in total. The SMILES string of the molecule is CCSc1n[n+]2c(c(=O)[nH]1)-c1cc(Br)ccc1N[C@H]2c1ccc(C(=O)O)cc1. The standard InChI is InChI=1S/C19H15BrN4O3S/c1-2-28-19-22-17(25)15-13-9-12(20)7-8-14(13)21-16(24(15)23-19)10-3-5-11(6-4-10)18(26)27/h3-9,16H,2H2,1H3,(H2,22,23,25,26,27)/p+1/t16-/m1/s1. The lowest BCUT2D eigenvalue weighted by Crippen LogP contribution is -2.55. The van der Waals surface area contributed by atoms with E-state index in [2.05, 4.69) is 31.3 Å². The molecule has 2 aromatic carbocycles. The van der Waals surface area contributed by atoms with Gasteiger partial charge in [-0.15, -0.1) is 0 Å². The van der Waals surface area contributed by atoms with Crippen LogP contribution in [0, 0.1) is 0 Å². The minimum atomic E-state index is -0.984. The summed E-state index contributed by atoms with van der Waals surface area (Å²) < 4.78 is 2.52. The highest BCUT2D eigenvalue weighted by Crippen LogP contribution is 2.34. The molecule has 0 unspecified atom stereocenters. The molecule has 28 heavy (non-hydrogen) atoms. The smallest absolute Gasteiger partial charge is 0.335 e. The maximum atomic E-state index is 12.9. The van der Waals surface area contributed by atoms with Gasteiger partial charge in [-0.05, 0) is 52.9 Å². The third-order valence-corrected chi connectivity index (χ3v) is 5.63. The fourth-order valence-electron chi connectivity index (χ4n) is 3.15. The molecule has 142 valence electrons. The molecule has 1 aromatic heterocycles. The summed E-state index contributed by atoms with van der Waals surface area (Å²) in [5.74, 6) is -0.210. The first-order valence-corrected chi connectivity index (χ1v) is 10.3. The summed E-state index contributed by atoms with van der Waals surface area (Å²) in [5.41, 5.74) is 2.78. The van der Waals surface area contributed by atoms with E-state index in [0.717, 1.165) is 27.0 Å². The van der Waals surface area contributed by atoms with Crippen LogP contribution in [0.3, 0.4) is 0 Å². The Hall–Kier alpha value is -2.65. The van der Waals surface area contributed by atoms with Crippen LogP contribution in [0.2, 0.25) is 0 Å². The van der Waals surface area contributed by atoms with Crippen LogP contribution in [-0.4, -0.2) is 26.9 Å². The van der Waals surface area contributed by atoms with E-state index in [0.29, 0.717) is 10.9 Å². The Morgan fingerprint density at radius 1 is 1.29 bits per heavy atom. The average molecular weight is 460 g/mol. The molecule has 7 nitrogen and oxygen atoms in total. The van der Waals surface area contributed by atoms with Gasteiger partial charge in [-0.2, -0.15) is 0 Å². The number of hydrogen-bond acceptors (Lipinski definition) is 5. The molecular weight excluding hydrogens is 444 g/mol. The minimum absolute atomic E-state index is 0.204. The Balaban J connectivity index is 1.91. The summed E-state index contributed by atoms with van der Waals surface area (Å²) in [6.07, 6.45) is -0.440. The topological polar surface area (TPSA) is 99.0 Å². The number of carbonyl (C=O) groups is 1. The number of H-pyrrole nitrogens is 1.